The van der Waals surface area contributed by atoms with Crippen LogP contribution in [-0.2, 0) is 4.79 Å². The van der Waals surface area contributed by atoms with Crippen LogP contribution in [-0.4, -0.2) is 5.97 Å². The molecule has 2 rings (SSSR count). The van der Waals surface area contributed by atoms with Crippen molar-refractivity contribution in [1.82, 2.24) is 0 Å². The number of benzene rings is 1. The molecule has 0 N–H and O–H groups in total. The van der Waals surface area contributed by atoms with Crippen LogP contribution in [0.25, 0.3) is 0 Å². The maximum atomic E-state index is 11.8. The first-order valence-corrected chi connectivity index (χ1v) is 5.76. The van der Waals surface area contributed by atoms with Crippen LogP contribution in [0, 0.1) is 5.92 Å². The van der Waals surface area contributed by atoms with Crippen molar-refractivity contribution in [2.24, 2.45) is 5.92 Å². The Kier molecular flexibility index (Phi) is 3.62. The van der Waals surface area contributed by atoms with Gasteiger partial charge >= 0.3 is 5.97 Å². The van der Waals surface area contributed by atoms with Crippen LogP contribution >= 0.6 is 11.6 Å². The Morgan fingerprint density at radius 2 is 2.25 bits per heavy atom. The van der Waals surface area contributed by atoms with Gasteiger partial charge in [-0.05, 0) is 37.5 Å². The van der Waals surface area contributed by atoms with E-state index in [0.717, 1.165) is 19.3 Å². The lowest BCUT2D eigenvalue weighted by Gasteiger charge is -2.16. The summed E-state index contributed by atoms with van der Waals surface area (Å²) in [5.74, 6) is 0.350. The van der Waals surface area contributed by atoms with Crippen molar-refractivity contribution < 1.29 is 9.53 Å². The summed E-state index contributed by atoms with van der Waals surface area (Å²) in [6.45, 7) is 0. The summed E-state index contributed by atoms with van der Waals surface area (Å²) < 4.78 is 5.28. The number of ether oxygens (including phenoxy) is 1. The Balaban J connectivity index is 1.99. The summed E-state index contributed by atoms with van der Waals surface area (Å²) in [7, 11) is 0. The van der Waals surface area contributed by atoms with Gasteiger partial charge in [0, 0.05) is 5.02 Å². The summed E-state index contributed by atoms with van der Waals surface area (Å²) in [4.78, 5) is 11.8. The van der Waals surface area contributed by atoms with Crippen molar-refractivity contribution in [2.45, 2.75) is 19.3 Å². The Hall–Kier alpha value is -1.28. The number of halogens is 1. The molecule has 0 amide bonds. The minimum absolute atomic E-state index is 0.0102. The highest BCUT2D eigenvalue weighted by Crippen LogP contribution is 2.22. The van der Waals surface area contributed by atoms with Gasteiger partial charge in [0.2, 0.25) is 0 Å². The van der Waals surface area contributed by atoms with Crippen LogP contribution in [0.15, 0.2) is 36.4 Å². The van der Waals surface area contributed by atoms with E-state index in [1.54, 1.807) is 24.3 Å². The zero-order valence-corrected chi connectivity index (χ0v) is 9.61. The van der Waals surface area contributed by atoms with E-state index in [-0.39, 0.29) is 11.9 Å². The highest BCUT2D eigenvalue weighted by Gasteiger charge is 2.20. The third-order valence-corrected chi connectivity index (χ3v) is 2.85. The summed E-state index contributed by atoms with van der Waals surface area (Å²) in [5, 5.41) is 0.578. The minimum Gasteiger partial charge on any atom is -0.426 e. The molecule has 0 fully saturated rings. The van der Waals surface area contributed by atoms with Gasteiger partial charge in [-0.1, -0.05) is 29.8 Å². The molecule has 0 radical (unpaired) electrons. The predicted octanol–water partition coefficient (Wildman–Crippen LogP) is 3.60. The molecule has 0 saturated heterocycles. The van der Waals surface area contributed by atoms with Gasteiger partial charge < -0.3 is 4.74 Å². The predicted molar refractivity (Wildman–Crippen MR) is 63.6 cm³/mol. The molecule has 1 unspecified atom stereocenters. The van der Waals surface area contributed by atoms with Gasteiger partial charge in [0.05, 0.1) is 5.92 Å². The van der Waals surface area contributed by atoms with Gasteiger partial charge in [0.15, 0.2) is 0 Å². The summed E-state index contributed by atoms with van der Waals surface area (Å²) in [6, 6.07) is 6.91. The third-order valence-electron chi connectivity index (χ3n) is 2.62. The van der Waals surface area contributed by atoms with Crippen molar-refractivity contribution >= 4 is 17.6 Å². The average Bonchev–Trinajstić information content (AvgIpc) is 2.30. The highest BCUT2D eigenvalue weighted by atomic mass is 35.5. The Bertz CT molecular complexity index is 412. The third kappa shape index (κ3) is 2.86. The summed E-state index contributed by atoms with van der Waals surface area (Å²) in [6.07, 6.45) is 6.74. The van der Waals surface area contributed by atoms with E-state index < -0.39 is 0 Å². The fourth-order valence-corrected chi connectivity index (χ4v) is 1.92. The molecule has 1 aliphatic rings. The van der Waals surface area contributed by atoms with Crippen LogP contribution in [0.5, 0.6) is 5.75 Å². The zero-order valence-electron chi connectivity index (χ0n) is 8.86. The molecular formula is C13H13ClO2. The van der Waals surface area contributed by atoms with Gasteiger partial charge in [-0.15, -0.1) is 0 Å². The number of allylic oxidation sites excluding steroid dienone is 2. The Morgan fingerprint density at radius 3 is 2.94 bits per heavy atom. The molecule has 16 heavy (non-hydrogen) atoms. The van der Waals surface area contributed by atoms with Crippen molar-refractivity contribution in [1.29, 1.82) is 0 Å². The molecule has 84 valence electrons. The lowest BCUT2D eigenvalue weighted by Crippen LogP contribution is -2.21. The topological polar surface area (TPSA) is 26.3 Å². The Labute approximate surface area is 99.9 Å². The molecule has 3 heteroatoms. The molecular weight excluding hydrogens is 224 g/mol. The number of carbonyl (C=O) groups is 1. The second-order valence-electron chi connectivity index (χ2n) is 3.86. The number of hydrogen-bond donors (Lipinski definition) is 0. The number of rotatable bonds is 2. The largest absolute Gasteiger partial charge is 0.426 e. The van der Waals surface area contributed by atoms with Gasteiger partial charge in [0.25, 0.3) is 0 Å². The van der Waals surface area contributed by atoms with Crippen molar-refractivity contribution in [2.75, 3.05) is 0 Å². The van der Waals surface area contributed by atoms with Crippen LogP contribution in [0.3, 0.4) is 0 Å². The summed E-state index contributed by atoms with van der Waals surface area (Å²) >= 11 is 5.81. The van der Waals surface area contributed by atoms with E-state index in [0.29, 0.717) is 10.8 Å². The van der Waals surface area contributed by atoms with Gasteiger partial charge in [-0.3, -0.25) is 4.79 Å². The van der Waals surface area contributed by atoms with Gasteiger partial charge in [-0.25, -0.2) is 0 Å². The van der Waals surface area contributed by atoms with Crippen LogP contribution in [0.4, 0.5) is 0 Å². The molecule has 0 heterocycles. The van der Waals surface area contributed by atoms with Crippen molar-refractivity contribution in [3.05, 3.63) is 41.4 Å². The molecule has 1 aliphatic carbocycles. The monoisotopic (exact) mass is 236 g/mol. The van der Waals surface area contributed by atoms with Crippen LogP contribution < -0.4 is 4.74 Å². The second kappa shape index (κ2) is 5.17. The molecule has 2 nitrogen and oxygen atoms in total. The zero-order chi connectivity index (χ0) is 11.4. The van der Waals surface area contributed by atoms with Crippen LogP contribution in [0.1, 0.15) is 19.3 Å². The fraction of sp³-hybridized carbons (Fsp3) is 0.308. The second-order valence-corrected chi connectivity index (χ2v) is 4.30. The summed E-state index contributed by atoms with van der Waals surface area (Å²) in [5.41, 5.74) is 0. The number of carbonyl (C=O) groups excluding carboxylic acids is 1. The number of hydrogen-bond acceptors (Lipinski definition) is 2. The maximum absolute atomic E-state index is 11.8. The molecule has 0 aromatic heterocycles. The van der Waals surface area contributed by atoms with Crippen LogP contribution in [0.2, 0.25) is 5.02 Å². The quantitative estimate of drug-likeness (QED) is 0.446. The van der Waals surface area contributed by atoms with Gasteiger partial charge in [-0.2, -0.15) is 0 Å². The first kappa shape index (κ1) is 11.2. The van der Waals surface area contributed by atoms with E-state index in [1.807, 2.05) is 6.08 Å². The fourth-order valence-electron chi connectivity index (χ4n) is 1.74. The molecule has 0 aliphatic heterocycles. The standard InChI is InChI=1S/C13H13ClO2/c14-11-7-4-8-12(9-11)16-13(15)10-5-2-1-3-6-10/h1-2,4,7-10H,3,5-6H2. The number of esters is 1. The smallest absolute Gasteiger partial charge is 0.314 e. The molecule has 1 atom stereocenters. The lowest BCUT2D eigenvalue weighted by atomic mass is 9.95. The molecule has 1 aromatic rings. The highest BCUT2D eigenvalue weighted by molar-refractivity contribution is 6.30. The molecule has 1 aromatic carbocycles. The molecule has 0 bridgehead atoms. The molecule has 0 spiro atoms. The maximum Gasteiger partial charge on any atom is 0.314 e. The minimum atomic E-state index is -0.161. The Morgan fingerprint density at radius 1 is 1.38 bits per heavy atom. The van der Waals surface area contributed by atoms with Crippen molar-refractivity contribution in [3.63, 3.8) is 0 Å². The normalized spacial score (nSPS) is 19.4. The first-order chi connectivity index (χ1) is 7.75. The SMILES string of the molecule is O=C(Oc1cccc(Cl)c1)C1CC=CCC1. The van der Waals surface area contributed by atoms with E-state index >= 15 is 0 Å². The lowest BCUT2D eigenvalue weighted by molar-refractivity contribution is -0.139. The van der Waals surface area contributed by atoms with Crippen molar-refractivity contribution in [3.8, 4) is 5.75 Å². The van der Waals surface area contributed by atoms with E-state index in [4.69, 9.17) is 16.3 Å². The average molecular weight is 237 g/mol. The van der Waals surface area contributed by atoms with E-state index in [9.17, 15) is 4.79 Å². The first-order valence-electron chi connectivity index (χ1n) is 5.38. The molecule has 0 saturated carbocycles. The van der Waals surface area contributed by atoms with Gasteiger partial charge in [0.1, 0.15) is 5.75 Å². The van der Waals surface area contributed by atoms with E-state index in [1.165, 1.54) is 0 Å². The van der Waals surface area contributed by atoms with E-state index in [2.05, 4.69) is 6.08 Å².